The number of rotatable bonds is 6. The number of halogens is 1. The third-order valence-corrected chi connectivity index (χ3v) is 3.54. The molecule has 2 aromatic rings. The summed E-state index contributed by atoms with van der Waals surface area (Å²) in [6, 6.07) is 4.15. The number of nitrogens with one attached hydrogen (secondary N) is 2. The molecule has 0 aromatic carbocycles. The predicted octanol–water partition coefficient (Wildman–Crippen LogP) is 2.36. The Bertz CT molecular complexity index is 541. The fourth-order valence-corrected chi connectivity index (χ4v) is 2.34. The molecule has 21 heavy (non-hydrogen) atoms. The highest BCUT2D eigenvalue weighted by molar-refractivity contribution is 14.0. The van der Waals surface area contributed by atoms with Crippen molar-refractivity contribution in [3.05, 3.63) is 34.1 Å². The molecule has 0 radical (unpaired) electrons. The topological polar surface area (TPSA) is 75.3 Å². The van der Waals surface area contributed by atoms with Crippen molar-refractivity contribution in [2.45, 2.75) is 26.3 Å². The van der Waals surface area contributed by atoms with Gasteiger partial charge in [-0.3, -0.25) is 4.99 Å². The van der Waals surface area contributed by atoms with E-state index in [0.29, 0.717) is 11.7 Å². The third kappa shape index (κ3) is 6.42. The third-order valence-electron chi connectivity index (χ3n) is 2.66. The van der Waals surface area contributed by atoms with Gasteiger partial charge in [0, 0.05) is 24.9 Å². The molecule has 2 aromatic heterocycles. The SMILES string of the molecule is CN=C(NCCCc1nc(C)no1)NCc1cccs1.I. The van der Waals surface area contributed by atoms with Crippen LogP contribution in [-0.4, -0.2) is 29.7 Å². The zero-order valence-electron chi connectivity index (χ0n) is 12.1. The molecule has 0 aliphatic heterocycles. The lowest BCUT2D eigenvalue weighted by molar-refractivity contribution is 0.372. The first kappa shape index (κ1) is 17.9. The van der Waals surface area contributed by atoms with Gasteiger partial charge in [-0.15, -0.1) is 35.3 Å². The number of aromatic nitrogens is 2. The molecule has 6 nitrogen and oxygen atoms in total. The zero-order valence-corrected chi connectivity index (χ0v) is 15.3. The summed E-state index contributed by atoms with van der Waals surface area (Å²) >= 11 is 1.73. The molecule has 0 amide bonds. The van der Waals surface area contributed by atoms with Gasteiger partial charge < -0.3 is 15.2 Å². The van der Waals surface area contributed by atoms with Gasteiger partial charge in [-0.1, -0.05) is 11.2 Å². The van der Waals surface area contributed by atoms with Crippen LogP contribution < -0.4 is 10.6 Å². The molecule has 116 valence electrons. The van der Waals surface area contributed by atoms with Gasteiger partial charge in [0.05, 0.1) is 6.54 Å². The first-order valence-corrected chi connectivity index (χ1v) is 7.42. The second kappa shape index (κ2) is 9.72. The maximum Gasteiger partial charge on any atom is 0.226 e. The molecule has 0 aliphatic carbocycles. The Balaban J connectivity index is 0.00000220. The summed E-state index contributed by atoms with van der Waals surface area (Å²) in [4.78, 5) is 9.64. The van der Waals surface area contributed by atoms with Crippen LogP contribution in [0.5, 0.6) is 0 Å². The van der Waals surface area contributed by atoms with E-state index in [0.717, 1.165) is 31.9 Å². The molecule has 0 saturated heterocycles. The number of guanidine groups is 1. The predicted molar refractivity (Wildman–Crippen MR) is 95.3 cm³/mol. The van der Waals surface area contributed by atoms with Crippen LogP contribution in [0.1, 0.15) is 23.0 Å². The van der Waals surface area contributed by atoms with Crippen LogP contribution in [0, 0.1) is 6.92 Å². The van der Waals surface area contributed by atoms with Gasteiger partial charge >= 0.3 is 0 Å². The number of thiophene rings is 1. The second-order valence-electron chi connectivity index (χ2n) is 4.27. The largest absolute Gasteiger partial charge is 0.356 e. The molecule has 2 heterocycles. The maximum absolute atomic E-state index is 5.06. The van der Waals surface area contributed by atoms with Crippen molar-refractivity contribution in [1.29, 1.82) is 0 Å². The molecule has 0 aliphatic rings. The molecule has 2 N–H and O–H groups in total. The van der Waals surface area contributed by atoms with Gasteiger partial charge in [0.15, 0.2) is 11.8 Å². The number of hydrogen-bond acceptors (Lipinski definition) is 5. The monoisotopic (exact) mass is 421 g/mol. The number of aliphatic imine (C=N–C) groups is 1. The first-order valence-electron chi connectivity index (χ1n) is 6.54. The van der Waals surface area contributed by atoms with Gasteiger partial charge in [0.2, 0.25) is 5.89 Å². The summed E-state index contributed by atoms with van der Waals surface area (Å²) < 4.78 is 5.06. The second-order valence-corrected chi connectivity index (χ2v) is 5.30. The molecule has 0 fully saturated rings. The molecule has 0 unspecified atom stereocenters. The van der Waals surface area contributed by atoms with Crippen LogP contribution in [-0.2, 0) is 13.0 Å². The minimum atomic E-state index is 0. The first-order chi connectivity index (χ1) is 9.78. The Hall–Kier alpha value is -1.16. The summed E-state index contributed by atoms with van der Waals surface area (Å²) in [6.45, 7) is 3.42. The van der Waals surface area contributed by atoms with Gasteiger partial charge in [0.1, 0.15) is 0 Å². The Morgan fingerprint density at radius 3 is 2.90 bits per heavy atom. The van der Waals surface area contributed by atoms with E-state index in [1.807, 2.05) is 13.0 Å². The minimum absolute atomic E-state index is 0. The fraction of sp³-hybridized carbons (Fsp3) is 0.462. The fourth-order valence-electron chi connectivity index (χ4n) is 1.69. The lowest BCUT2D eigenvalue weighted by atomic mass is 10.3. The van der Waals surface area contributed by atoms with Crippen LogP contribution in [0.15, 0.2) is 27.0 Å². The summed E-state index contributed by atoms with van der Waals surface area (Å²) in [5.41, 5.74) is 0. The van der Waals surface area contributed by atoms with Crippen molar-refractivity contribution < 1.29 is 4.52 Å². The Morgan fingerprint density at radius 1 is 1.43 bits per heavy atom. The quantitative estimate of drug-likeness (QED) is 0.324. The number of aryl methyl sites for hydroxylation is 2. The Kier molecular flexibility index (Phi) is 8.28. The molecule has 0 bridgehead atoms. The summed E-state index contributed by atoms with van der Waals surface area (Å²) in [7, 11) is 1.77. The van der Waals surface area contributed by atoms with Gasteiger partial charge in [-0.2, -0.15) is 4.98 Å². The molecule has 0 spiro atoms. The highest BCUT2D eigenvalue weighted by Crippen LogP contribution is 2.07. The normalized spacial score (nSPS) is 11.0. The van der Waals surface area contributed by atoms with E-state index in [1.54, 1.807) is 18.4 Å². The van der Waals surface area contributed by atoms with E-state index in [9.17, 15) is 0 Å². The molecular weight excluding hydrogens is 401 g/mol. The standard InChI is InChI=1S/C13H19N5OS.HI/c1-10-17-12(19-18-10)6-3-7-15-13(14-2)16-9-11-5-4-8-20-11;/h4-5,8H,3,6-7,9H2,1-2H3,(H2,14,15,16);1H. The average molecular weight is 421 g/mol. The van der Waals surface area contributed by atoms with E-state index in [4.69, 9.17) is 4.52 Å². The maximum atomic E-state index is 5.06. The lowest BCUT2D eigenvalue weighted by Crippen LogP contribution is -2.37. The van der Waals surface area contributed by atoms with Crippen LogP contribution in [0.25, 0.3) is 0 Å². The van der Waals surface area contributed by atoms with Crippen molar-refractivity contribution in [1.82, 2.24) is 20.8 Å². The molecule has 2 rings (SSSR count). The number of nitrogens with zero attached hydrogens (tertiary/aromatic N) is 3. The van der Waals surface area contributed by atoms with E-state index in [2.05, 4.69) is 37.2 Å². The highest BCUT2D eigenvalue weighted by atomic mass is 127. The zero-order chi connectivity index (χ0) is 14.2. The summed E-state index contributed by atoms with van der Waals surface area (Å²) in [6.07, 6.45) is 1.69. The molecule has 0 saturated carbocycles. The average Bonchev–Trinajstić information content (AvgIpc) is 3.09. The molecule has 8 heteroatoms. The summed E-state index contributed by atoms with van der Waals surface area (Å²) in [5, 5.41) is 12.4. The summed E-state index contributed by atoms with van der Waals surface area (Å²) in [5.74, 6) is 2.17. The van der Waals surface area contributed by atoms with E-state index in [1.165, 1.54) is 4.88 Å². The van der Waals surface area contributed by atoms with Gasteiger partial charge in [0.25, 0.3) is 0 Å². The van der Waals surface area contributed by atoms with Gasteiger partial charge in [-0.05, 0) is 24.8 Å². The van der Waals surface area contributed by atoms with Crippen molar-refractivity contribution in [3.63, 3.8) is 0 Å². The highest BCUT2D eigenvalue weighted by Gasteiger charge is 2.03. The Morgan fingerprint density at radius 2 is 2.29 bits per heavy atom. The van der Waals surface area contributed by atoms with E-state index in [-0.39, 0.29) is 24.0 Å². The van der Waals surface area contributed by atoms with Gasteiger partial charge in [-0.25, -0.2) is 0 Å². The van der Waals surface area contributed by atoms with Crippen molar-refractivity contribution in [2.75, 3.05) is 13.6 Å². The van der Waals surface area contributed by atoms with Crippen LogP contribution in [0.2, 0.25) is 0 Å². The minimum Gasteiger partial charge on any atom is -0.356 e. The lowest BCUT2D eigenvalue weighted by Gasteiger charge is -2.10. The van der Waals surface area contributed by atoms with E-state index < -0.39 is 0 Å². The van der Waals surface area contributed by atoms with Crippen LogP contribution in [0.3, 0.4) is 0 Å². The van der Waals surface area contributed by atoms with Crippen LogP contribution in [0.4, 0.5) is 0 Å². The molecular formula is C13H20IN5OS. The smallest absolute Gasteiger partial charge is 0.226 e. The van der Waals surface area contributed by atoms with Crippen LogP contribution >= 0.6 is 35.3 Å². The molecule has 0 atom stereocenters. The number of hydrogen-bond donors (Lipinski definition) is 2. The van der Waals surface area contributed by atoms with Crippen molar-refractivity contribution in [3.8, 4) is 0 Å². The Labute approximate surface area is 145 Å². The van der Waals surface area contributed by atoms with Crippen molar-refractivity contribution in [2.24, 2.45) is 4.99 Å². The van der Waals surface area contributed by atoms with Crippen molar-refractivity contribution >= 4 is 41.3 Å². The van der Waals surface area contributed by atoms with E-state index >= 15 is 0 Å².